The number of hydrogen-bond donors (Lipinski definition) is 0. The molecule has 1 aliphatic rings. The van der Waals surface area contributed by atoms with Gasteiger partial charge in [-0.3, -0.25) is 14.5 Å². The summed E-state index contributed by atoms with van der Waals surface area (Å²) in [5.74, 6) is 1.44. The van der Waals surface area contributed by atoms with E-state index in [1.807, 2.05) is 84.0 Å². The summed E-state index contributed by atoms with van der Waals surface area (Å²) in [4.78, 5) is 35.8. The van der Waals surface area contributed by atoms with Gasteiger partial charge in [0.15, 0.2) is 0 Å². The molecule has 1 unspecified atom stereocenters. The molecule has 2 amide bonds. The summed E-state index contributed by atoms with van der Waals surface area (Å²) in [5.41, 5.74) is 5.78. The minimum absolute atomic E-state index is 0.0775. The third-order valence-electron chi connectivity index (χ3n) is 7.79. The molecule has 1 aliphatic heterocycles. The average Bonchev–Trinajstić information content (AvgIpc) is 3.54. The van der Waals surface area contributed by atoms with Crippen molar-refractivity contribution in [2.24, 2.45) is 0 Å². The van der Waals surface area contributed by atoms with Crippen LogP contribution >= 0.6 is 0 Å². The van der Waals surface area contributed by atoms with E-state index in [-0.39, 0.29) is 31.0 Å². The fourth-order valence-corrected chi connectivity index (χ4v) is 5.68. The van der Waals surface area contributed by atoms with Crippen LogP contribution in [0.2, 0.25) is 0 Å². The maximum atomic E-state index is 14.1. The van der Waals surface area contributed by atoms with Crippen molar-refractivity contribution in [2.45, 2.75) is 52.6 Å². The Morgan fingerprint density at radius 1 is 1.05 bits per heavy atom. The normalized spacial score (nSPS) is 15.1. The molecule has 0 N–H and O–H groups in total. The van der Waals surface area contributed by atoms with Crippen LogP contribution in [0.25, 0.3) is 11.0 Å². The number of para-hydroxylation sites is 3. The molecule has 41 heavy (non-hydrogen) atoms. The number of benzene rings is 3. The number of rotatable bonds is 11. The van der Waals surface area contributed by atoms with Crippen molar-refractivity contribution in [1.82, 2.24) is 14.5 Å². The number of amides is 2. The highest BCUT2D eigenvalue weighted by atomic mass is 16.5. The van der Waals surface area contributed by atoms with Crippen LogP contribution in [0.3, 0.4) is 0 Å². The Labute approximate surface area is 241 Å². The van der Waals surface area contributed by atoms with E-state index in [2.05, 4.69) is 13.0 Å². The SMILES string of the molecule is CCOCN(C(=O)Cn1c(C2CC(=O)N(Cc3ccc(OC)cc3)C2)nc2ccccc21)c1c(C)cccc1CC. The molecule has 8 nitrogen and oxygen atoms in total. The Kier molecular flexibility index (Phi) is 8.69. The van der Waals surface area contributed by atoms with E-state index in [1.54, 1.807) is 12.0 Å². The van der Waals surface area contributed by atoms with Gasteiger partial charge in [-0.1, -0.05) is 49.4 Å². The minimum Gasteiger partial charge on any atom is -0.497 e. The van der Waals surface area contributed by atoms with Crippen molar-refractivity contribution < 1.29 is 19.1 Å². The lowest BCUT2D eigenvalue weighted by molar-refractivity contribution is -0.128. The zero-order chi connectivity index (χ0) is 28.9. The number of hydrogen-bond acceptors (Lipinski definition) is 5. The second-order valence-corrected chi connectivity index (χ2v) is 10.4. The van der Waals surface area contributed by atoms with Crippen LogP contribution < -0.4 is 9.64 Å². The first-order valence-electron chi connectivity index (χ1n) is 14.3. The van der Waals surface area contributed by atoms with Crippen molar-refractivity contribution in [2.75, 3.05) is 31.9 Å². The van der Waals surface area contributed by atoms with E-state index < -0.39 is 0 Å². The van der Waals surface area contributed by atoms with Crippen molar-refractivity contribution in [3.63, 3.8) is 0 Å². The van der Waals surface area contributed by atoms with Gasteiger partial charge in [0.05, 0.1) is 23.8 Å². The lowest BCUT2D eigenvalue weighted by atomic mass is 10.0. The van der Waals surface area contributed by atoms with Gasteiger partial charge < -0.3 is 18.9 Å². The van der Waals surface area contributed by atoms with E-state index in [9.17, 15) is 9.59 Å². The van der Waals surface area contributed by atoms with Crippen LogP contribution in [-0.4, -0.2) is 53.3 Å². The van der Waals surface area contributed by atoms with Crippen LogP contribution in [0.15, 0.2) is 66.7 Å². The Morgan fingerprint density at radius 2 is 1.83 bits per heavy atom. The minimum atomic E-state index is -0.119. The maximum Gasteiger partial charge on any atom is 0.248 e. The molecular weight excluding hydrogens is 516 g/mol. The smallest absolute Gasteiger partial charge is 0.248 e. The Morgan fingerprint density at radius 3 is 2.56 bits per heavy atom. The van der Waals surface area contributed by atoms with E-state index in [0.717, 1.165) is 51.4 Å². The topological polar surface area (TPSA) is 76.9 Å². The van der Waals surface area contributed by atoms with Gasteiger partial charge >= 0.3 is 0 Å². The number of aryl methyl sites for hydroxylation is 2. The Hall–Kier alpha value is -4.17. The second-order valence-electron chi connectivity index (χ2n) is 10.4. The molecule has 5 rings (SSSR count). The number of fused-ring (bicyclic) bond motifs is 1. The Balaban J connectivity index is 1.45. The first-order valence-corrected chi connectivity index (χ1v) is 14.3. The van der Waals surface area contributed by atoms with E-state index in [0.29, 0.717) is 26.1 Å². The van der Waals surface area contributed by atoms with E-state index >= 15 is 0 Å². The highest BCUT2D eigenvalue weighted by Gasteiger charge is 2.35. The zero-order valence-corrected chi connectivity index (χ0v) is 24.3. The van der Waals surface area contributed by atoms with Crippen LogP contribution in [0.4, 0.5) is 5.69 Å². The summed E-state index contributed by atoms with van der Waals surface area (Å²) in [5, 5.41) is 0. The largest absolute Gasteiger partial charge is 0.497 e. The third-order valence-corrected chi connectivity index (χ3v) is 7.79. The molecule has 214 valence electrons. The van der Waals surface area contributed by atoms with Gasteiger partial charge in [0, 0.05) is 32.0 Å². The summed E-state index contributed by atoms with van der Waals surface area (Å²) < 4.78 is 13.0. The monoisotopic (exact) mass is 554 g/mol. The first kappa shape index (κ1) is 28.4. The maximum absolute atomic E-state index is 14.1. The number of carbonyl (C=O) groups is 2. The molecule has 8 heteroatoms. The van der Waals surface area contributed by atoms with Crippen LogP contribution in [0.5, 0.6) is 5.75 Å². The van der Waals surface area contributed by atoms with Crippen LogP contribution in [0, 0.1) is 6.92 Å². The van der Waals surface area contributed by atoms with Gasteiger partial charge in [-0.2, -0.15) is 0 Å². The van der Waals surface area contributed by atoms with Crippen molar-refractivity contribution in [1.29, 1.82) is 0 Å². The number of nitrogens with zero attached hydrogens (tertiary/aromatic N) is 4. The molecule has 1 saturated heterocycles. The number of anilines is 1. The standard InChI is InChI=1S/C33H38N4O4/c1-5-25-11-9-10-23(3)32(25)37(22-41-6-2)31(39)21-36-29-13-8-7-12-28(29)34-33(36)26-18-30(38)35(20-26)19-24-14-16-27(40-4)17-15-24/h7-17,26H,5-6,18-22H2,1-4H3. The summed E-state index contributed by atoms with van der Waals surface area (Å²) in [6.45, 7) is 7.90. The number of likely N-dealkylation sites (tertiary alicyclic amines) is 1. The Bertz CT molecular complexity index is 1530. The number of methoxy groups -OCH3 is 1. The molecule has 1 aromatic heterocycles. The van der Waals surface area contributed by atoms with Gasteiger partial charge in [-0.05, 0) is 61.2 Å². The summed E-state index contributed by atoms with van der Waals surface area (Å²) in [6, 6.07) is 21.7. The van der Waals surface area contributed by atoms with Gasteiger partial charge in [0.2, 0.25) is 11.8 Å². The molecule has 0 spiro atoms. The fourth-order valence-electron chi connectivity index (χ4n) is 5.68. The van der Waals surface area contributed by atoms with Crippen LogP contribution in [0.1, 0.15) is 48.7 Å². The molecule has 2 heterocycles. The van der Waals surface area contributed by atoms with Crippen LogP contribution in [-0.2, 0) is 33.8 Å². The number of aromatic nitrogens is 2. The lowest BCUT2D eigenvalue weighted by Crippen LogP contribution is -2.37. The predicted molar refractivity (Wildman–Crippen MR) is 160 cm³/mol. The average molecular weight is 555 g/mol. The zero-order valence-electron chi connectivity index (χ0n) is 24.3. The predicted octanol–water partition coefficient (Wildman–Crippen LogP) is 5.46. The number of carbonyl (C=O) groups excluding carboxylic acids is 2. The van der Waals surface area contributed by atoms with E-state index in [4.69, 9.17) is 14.5 Å². The molecule has 1 atom stereocenters. The van der Waals surface area contributed by atoms with Gasteiger partial charge in [-0.25, -0.2) is 4.98 Å². The molecule has 3 aromatic carbocycles. The molecule has 0 bridgehead atoms. The molecule has 0 saturated carbocycles. The van der Waals surface area contributed by atoms with Gasteiger partial charge in [0.25, 0.3) is 0 Å². The number of imidazole rings is 1. The second kappa shape index (κ2) is 12.6. The molecule has 0 aliphatic carbocycles. The molecule has 0 radical (unpaired) electrons. The summed E-state index contributed by atoms with van der Waals surface area (Å²) in [6.07, 6.45) is 1.16. The van der Waals surface area contributed by atoms with Gasteiger partial charge in [0.1, 0.15) is 24.8 Å². The van der Waals surface area contributed by atoms with Crippen molar-refractivity contribution >= 4 is 28.5 Å². The first-order chi connectivity index (χ1) is 19.9. The highest BCUT2D eigenvalue weighted by Crippen LogP contribution is 2.32. The summed E-state index contributed by atoms with van der Waals surface area (Å²) >= 11 is 0. The fraction of sp³-hybridized carbons (Fsp3) is 0.364. The highest BCUT2D eigenvalue weighted by molar-refractivity contribution is 5.95. The molecular formula is C33H38N4O4. The van der Waals surface area contributed by atoms with Crippen molar-refractivity contribution in [3.8, 4) is 5.75 Å². The van der Waals surface area contributed by atoms with Crippen molar-refractivity contribution in [3.05, 3.63) is 89.2 Å². The van der Waals surface area contributed by atoms with Gasteiger partial charge in [-0.15, -0.1) is 0 Å². The lowest BCUT2D eigenvalue weighted by Gasteiger charge is -2.27. The quantitative estimate of drug-likeness (QED) is 0.230. The number of ether oxygens (including phenoxy) is 2. The van der Waals surface area contributed by atoms with E-state index in [1.165, 1.54) is 0 Å². The third kappa shape index (κ3) is 5.98. The molecule has 4 aromatic rings. The molecule has 1 fully saturated rings. The summed E-state index contributed by atoms with van der Waals surface area (Å²) in [7, 11) is 1.64.